The Labute approximate surface area is 115 Å². The maximum Gasteiger partial charge on any atom is 0.331 e. The summed E-state index contributed by atoms with van der Waals surface area (Å²) in [4.78, 5) is 11.4. The monoisotopic (exact) mass is 262 g/mol. The summed E-state index contributed by atoms with van der Waals surface area (Å²) in [6.45, 7) is 10.1. The fourth-order valence-electron chi connectivity index (χ4n) is 1.58. The molecule has 0 spiro atoms. The molecule has 0 N–H and O–H groups in total. The van der Waals surface area contributed by atoms with Crippen molar-refractivity contribution in [3.63, 3.8) is 0 Å². The maximum absolute atomic E-state index is 11.4. The van der Waals surface area contributed by atoms with Gasteiger partial charge in [0.15, 0.2) is 0 Å². The Morgan fingerprint density at radius 1 is 1.21 bits per heavy atom. The predicted octanol–water partition coefficient (Wildman–Crippen LogP) is 3.83. The number of allylic oxidation sites excluding steroid dienone is 1. The number of carbonyl (C=O) groups excluding carboxylic acids is 1. The molecule has 3 heteroatoms. The Balaban J connectivity index is 2.78. The minimum absolute atomic E-state index is 0.211. The van der Waals surface area contributed by atoms with E-state index in [1.54, 1.807) is 6.92 Å². The van der Waals surface area contributed by atoms with Crippen molar-refractivity contribution in [1.82, 2.24) is 0 Å². The molecule has 19 heavy (non-hydrogen) atoms. The molecule has 1 aromatic rings. The van der Waals surface area contributed by atoms with Gasteiger partial charge in [-0.05, 0) is 57.9 Å². The van der Waals surface area contributed by atoms with Crippen LogP contribution in [-0.2, 0) is 9.53 Å². The zero-order chi connectivity index (χ0) is 14.5. The van der Waals surface area contributed by atoms with Crippen molar-refractivity contribution < 1.29 is 14.3 Å². The molecule has 0 fully saturated rings. The first-order valence-corrected chi connectivity index (χ1v) is 6.46. The van der Waals surface area contributed by atoms with Crippen LogP contribution in [0.25, 0.3) is 5.57 Å². The van der Waals surface area contributed by atoms with E-state index in [9.17, 15) is 4.79 Å². The van der Waals surface area contributed by atoms with Crippen LogP contribution in [0, 0.1) is 0 Å². The third-order valence-electron chi connectivity index (χ3n) is 2.35. The molecule has 0 aromatic heterocycles. The second-order valence-corrected chi connectivity index (χ2v) is 5.32. The SMILES string of the molecule is CCOC(=O)C=C(C)c1ccc(OC(C)(C)C)cc1. The van der Waals surface area contributed by atoms with Crippen LogP contribution in [0.5, 0.6) is 5.75 Å². The highest BCUT2D eigenvalue weighted by Gasteiger charge is 2.11. The molecule has 0 aliphatic carbocycles. The fourth-order valence-corrected chi connectivity index (χ4v) is 1.58. The van der Waals surface area contributed by atoms with Crippen LogP contribution < -0.4 is 4.74 Å². The Kier molecular flexibility index (Phi) is 5.16. The Morgan fingerprint density at radius 2 is 1.79 bits per heavy atom. The highest BCUT2D eigenvalue weighted by molar-refractivity contribution is 5.90. The minimum Gasteiger partial charge on any atom is -0.488 e. The molecule has 0 aliphatic rings. The van der Waals surface area contributed by atoms with E-state index in [4.69, 9.17) is 9.47 Å². The summed E-state index contributed by atoms with van der Waals surface area (Å²) in [6, 6.07) is 7.68. The lowest BCUT2D eigenvalue weighted by Gasteiger charge is -2.21. The lowest BCUT2D eigenvalue weighted by Crippen LogP contribution is -2.22. The average molecular weight is 262 g/mol. The topological polar surface area (TPSA) is 35.5 Å². The molecule has 0 radical (unpaired) electrons. The molecule has 0 saturated carbocycles. The Bertz CT molecular complexity index is 450. The molecular formula is C16H22O3. The van der Waals surface area contributed by atoms with E-state index < -0.39 is 0 Å². The molecular weight excluding hydrogens is 240 g/mol. The van der Waals surface area contributed by atoms with Crippen LogP contribution >= 0.6 is 0 Å². The van der Waals surface area contributed by atoms with Crippen LogP contribution in [0.15, 0.2) is 30.3 Å². The summed E-state index contributed by atoms with van der Waals surface area (Å²) in [5.74, 6) is 0.509. The lowest BCUT2D eigenvalue weighted by molar-refractivity contribution is -0.137. The Hall–Kier alpha value is -1.77. The molecule has 3 nitrogen and oxygen atoms in total. The fraction of sp³-hybridized carbons (Fsp3) is 0.438. The van der Waals surface area contributed by atoms with Crippen LogP contribution in [0.4, 0.5) is 0 Å². The van der Waals surface area contributed by atoms with Crippen molar-refractivity contribution in [3.05, 3.63) is 35.9 Å². The van der Waals surface area contributed by atoms with Crippen molar-refractivity contribution >= 4 is 11.5 Å². The third-order valence-corrected chi connectivity index (χ3v) is 2.35. The summed E-state index contributed by atoms with van der Waals surface area (Å²) in [5.41, 5.74) is 1.65. The van der Waals surface area contributed by atoms with E-state index in [0.717, 1.165) is 16.9 Å². The minimum atomic E-state index is -0.310. The van der Waals surface area contributed by atoms with Crippen LogP contribution in [-0.4, -0.2) is 18.2 Å². The maximum atomic E-state index is 11.4. The standard InChI is InChI=1S/C16H22O3/c1-6-18-15(17)11-12(2)13-7-9-14(10-8-13)19-16(3,4)5/h7-11H,6H2,1-5H3. The second-order valence-electron chi connectivity index (χ2n) is 5.32. The summed E-state index contributed by atoms with van der Waals surface area (Å²) in [6.07, 6.45) is 1.50. The highest BCUT2D eigenvalue weighted by Crippen LogP contribution is 2.21. The van der Waals surface area contributed by atoms with Crippen molar-refractivity contribution in [2.45, 2.75) is 40.2 Å². The first kappa shape index (κ1) is 15.3. The molecule has 0 unspecified atom stereocenters. The van der Waals surface area contributed by atoms with E-state index in [0.29, 0.717) is 6.61 Å². The number of rotatable bonds is 4. The van der Waals surface area contributed by atoms with Gasteiger partial charge in [-0.1, -0.05) is 12.1 Å². The second kappa shape index (κ2) is 6.41. The molecule has 0 amide bonds. The molecule has 1 aromatic carbocycles. The van der Waals surface area contributed by atoms with Gasteiger partial charge in [-0.15, -0.1) is 0 Å². The lowest BCUT2D eigenvalue weighted by atomic mass is 10.1. The summed E-state index contributed by atoms with van der Waals surface area (Å²) in [5, 5.41) is 0. The van der Waals surface area contributed by atoms with Gasteiger partial charge in [-0.2, -0.15) is 0 Å². The number of esters is 1. The van der Waals surface area contributed by atoms with Crippen molar-refractivity contribution in [2.75, 3.05) is 6.61 Å². The molecule has 1 rings (SSSR count). The van der Waals surface area contributed by atoms with Gasteiger partial charge in [-0.25, -0.2) is 4.79 Å². The molecule has 0 bridgehead atoms. The van der Waals surface area contributed by atoms with Gasteiger partial charge in [0.25, 0.3) is 0 Å². The van der Waals surface area contributed by atoms with Gasteiger partial charge in [0.1, 0.15) is 11.4 Å². The first-order chi connectivity index (χ1) is 8.81. The average Bonchev–Trinajstić information content (AvgIpc) is 2.27. The third kappa shape index (κ3) is 5.60. The van der Waals surface area contributed by atoms with E-state index in [2.05, 4.69) is 0 Å². The molecule has 0 aliphatic heterocycles. The summed E-state index contributed by atoms with van der Waals surface area (Å²) < 4.78 is 10.6. The van der Waals surface area contributed by atoms with Gasteiger partial charge >= 0.3 is 5.97 Å². The van der Waals surface area contributed by atoms with Crippen molar-refractivity contribution in [1.29, 1.82) is 0 Å². The number of benzene rings is 1. The van der Waals surface area contributed by atoms with Gasteiger partial charge < -0.3 is 9.47 Å². The zero-order valence-electron chi connectivity index (χ0n) is 12.3. The molecule has 0 atom stereocenters. The van der Waals surface area contributed by atoms with E-state index in [1.807, 2.05) is 52.0 Å². The summed E-state index contributed by atoms with van der Waals surface area (Å²) >= 11 is 0. The highest BCUT2D eigenvalue weighted by atomic mass is 16.5. The van der Waals surface area contributed by atoms with Gasteiger partial charge in [0, 0.05) is 6.08 Å². The smallest absolute Gasteiger partial charge is 0.331 e. The quantitative estimate of drug-likeness (QED) is 0.611. The van der Waals surface area contributed by atoms with Gasteiger partial charge in [0.2, 0.25) is 0 Å². The van der Waals surface area contributed by atoms with E-state index in [-0.39, 0.29) is 11.6 Å². The van der Waals surface area contributed by atoms with Gasteiger partial charge in [-0.3, -0.25) is 0 Å². The van der Waals surface area contributed by atoms with Crippen LogP contribution in [0.1, 0.15) is 40.2 Å². The van der Waals surface area contributed by atoms with E-state index in [1.165, 1.54) is 6.08 Å². The normalized spacial score (nSPS) is 12.2. The first-order valence-electron chi connectivity index (χ1n) is 6.46. The molecule has 0 saturated heterocycles. The predicted molar refractivity (Wildman–Crippen MR) is 77.1 cm³/mol. The molecule has 104 valence electrons. The summed E-state index contributed by atoms with van der Waals surface area (Å²) in [7, 11) is 0. The van der Waals surface area contributed by atoms with Crippen molar-refractivity contribution in [3.8, 4) is 5.75 Å². The largest absolute Gasteiger partial charge is 0.488 e. The number of ether oxygens (including phenoxy) is 2. The van der Waals surface area contributed by atoms with Crippen LogP contribution in [0.3, 0.4) is 0 Å². The van der Waals surface area contributed by atoms with Crippen molar-refractivity contribution in [2.24, 2.45) is 0 Å². The number of hydrogen-bond donors (Lipinski definition) is 0. The number of carbonyl (C=O) groups is 1. The Morgan fingerprint density at radius 3 is 2.26 bits per heavy atom. The zero-order valence-corrected chi connectivity index (χ0v) is 12.3. The van der Waals surface area contributed by atoms with Gasteiger partial charge in [0.05, 0.1) is 6.61 Å². The number of hydrogen-bond acceptors (Lipinski definition) is 3. The molecule has 0 heterocycles. The van der Waals surface area contributed by atoms with E-state index >= 15 is 0 Å². The van der Waals surface area contributed by atoms with Crippen LogP contribution in [0.2, 0.25) is 0 Å².